The molecule has 128 valence electrons. The molecule has 0 aliphatic heterocycles. The van der Waals surface area contributed by atoms with E-state index in [0.29, 0.717) is 22.4 Å². The predicted octanol–water partition coefficient (Wildman–Crippen LogP) is 1.01. The van der Waals surface area contributed by atoms with Crippen molar-refractivity contribution in [3.63, 3.8) is 0 Å². The fraction of sp³-hybridized carbons (Fsp3) is 0.0588. The van der Waals surface area contributed by atoms with Crippen molar-refractivity contribution in [2.75, 3.05) is 5.32 Å². The molecule has 3 heterocycles. The van der Waals surface area contributed by atoms with Crippen molar-refractivity contribution in [2.45, 2.75) is 6.54 Å². The molecule has 0 unspecified atom stereocenters. The van der Waals surface area contributed by atoms with Crippen LogP contribution < -0.4 is 10.9 Å². The van der Waals surface area contributed by atoms with Gasteiger partial charge in [-0.15, -0.1) is 0 Å². The van der Waals surface area contributed by atoms with E-state index in [0.717, 1.165) is 0 Å². The van der Waals surface area contributed by atoms with Crippen molar-refractivity contribution >= 4 is 22.5 Å². The third-order valence-corrected chi connectivity index (χ3v) is 3.74. The van der Waals surface area contributed by atoms with Gasteiger partial charge in [-0.05, 0) is 24.3 Å². The minimum atomic E-state index is -0.376. The standard InChI is InChI=1S/C17H13N7O2/c25-15(8-23-11-20-13-5-2-1-4-12(13)17(23)26)22-14-6-3-7-19-16(14)24-10-18-9-21-24/h1-7,9-11H,8H2,(H,22,25). The molecular formula is C17H13N7O2. The van der Waals surface area contributed by atoms with E-state index in [1.807, 2.05) is 0 Å². The molecule has 1 N–H and O–H groups in total. The number of aromatic nitrogens is 6. The minimum Gasteiger partial charge on any atom is -0.321 e. The van der Waals surface area contributed by atoms with Crippen molar-refractivity contribution in [2.24, 2.45) is 0 Å². The van der Waals surface area contributed by atoms with E-state index in [2.05, 4.69) is 25.4 Å². The number of hydrogen-bond donors (Lipinski definition) is 1. The lowest BCUT2D eigenvalue weighted by Crippen LogP contribution is -2.28. The van der Waals surface area contributed by atoms with Gasteiger partial charge in [0.25, 0.3) is 5.56 Å². The monoisotopic (exact) mass is 347 g/mol. The van der Waals surface area contributed by atoms with Crippen molar-refractivity contribution in [3.8, 4) is 5.82 Å². The maximum Gasteiger partial charge on any atom is 0.261 e. The first-order valence-corrected chi connectivity index (χ1v) is 7.76. The maximum absolute atomic E-state index is 12.5. The quantitative estimate of drug-likeness (QED) is 0.590. The fourth-order valence-electron chi connectivity index (χ4n) is 2.56. The fourth-order valence-corrected chi connectivity index (χ4v) is 2.56. The van der Waals surface area contributed by atoms with Gasteiger partial charge in [-0.25, -0.2) is 19.6 Å². The Kier molecular flexibility index (Phi) is 3.94. The topological polar surface area (TPSA) is 108 Å². The summed E-state index contributed by atoms with van der Waals surface area (Å²) in [6, 6.07) is 10.4. The van der Waals surface area contributed by atoms with Gasteiger partial charge >= 0.3 is 0 Å². The average Bonchev–Trinajstić information content (AvgIpc) is 3.19. The molecule has 9 heteroatoms. The summed E-state index contributed by atoms with van der Waals surface area (Å²) in [6.45, 7) is -0.164. The van der Waals surface area contributed by atoms with Crippen molar-refractivity contribution in [1.29, 1.82) is 0 Å². The Morgan fingerprint density at radius 3 is 2.81 bits per heavy atom. The number of rotatable bonds is 4. The van der Waals surface area contributed by atoms with E-state index in [4.69, 9.17) is 0 Å². The van der Waals surface area contributed by atoms with Crippen LogP contribution in [0.15, 0.2) is 66.4 Å². The highest BCUT2D eigenvalue weighted by Gasteiger charge is 2.12. The highest BCUT2D eigenvalue weighted by atomic mass is 16.2. The molecule has 1 amide bonds. The molecular weight excluding hydrogens is 334 g/mol. The molecule has 0 fully saturated rings. The predicted molar refractivity (Wildman–Crippen MR) is 93.8 cm³/mol. The number of amides is 1. The number of nitrogens with one attached hydrogen (secondary N) is 1. The molecule has 0 radical (unpaired) electrons. The molecule has 4 aromatic rings. The lowest BCUT2D eigenvalue weighted by molar-refractivity contribution is -0.116. The Labute approximate surface area is 147 Å². The summed E-state index contributed by atoms with van der Waals surface area (Å²) < 4.78 is 2.71. The molecule has 0 saturated carbocycles. The summed E-state index contributed by atoms with van der Waals surface area (Å²) in [4.78, 5) is 37.2. The van der Waals surface area contributed by atoms with Gasteiger partial charge < -0.3 is 5.32 Å². The zero-order valence-corrected chi connectivity index (χ0v) is 13.5. The number of para-hydroxylation sites is 1. The number of hydrogen-bond acceptors (Lipinski definition) is 6. The van der Waals surface area contributed by atoms with Gasteiger partial charge in [0.1, 0.15) is 19.2 Å². The van der Waals surface area contributed by atoms with E-state index in [-0.39, 0.29) is 18.0 Å². The van der Waals surface area contributed by atoms with Gasteiger partial charge in [0.2, 0.25) is 5.91 Å². The zero-order valence-electron chi connectivity index (χ0n) is 13.5. The maximum atomic E-state index is 12.5. The molecule has 0 aliphatic rings. The Morgan fingerprint density at radius 1 is 1.08 bits per heavy atom. The van der Waals surface area contributed by atoms with Gasteiger partial charge in [0.05, 0.1) is 22.9 Å². The number of benzene rings is 1. The van der Waals surface area contributed by atoms with Gasteiger partial charge in [-0.2, -0.15) is 5.10 Å². The summed E-state index contributed by atoms with van der Waals surface area (Å²) in [6.07, 6.45) is 5.81. The largest absolute Gasteiger partial charge is 0.321 e. The summed E-state index contributed by atoms with van der Waals surface area (Å²) in [5.41, 5.74) is 0.785. The van der Waals surface area contributed by atoms with Crippen molar-refractivity contribution < 1.29 is 4.79 Å². The average molecular weight is 347 g/mol. The van der Waals surface area contributed by atoms with Crippen LogP contribution in [0.5, 0.6) is 0 Å². The Hall–Kier alpha value is -3.88. The van der Waals surface area contributed by atoms with Crippen LogP contribution in [0.1, 0.15) is 0 Å². The zero-order chi connectivity index (χ0) is 17.9. The summed E-state index contributed by atoms with van der Waals surface area (Å²) >= 11 is 0. The van der Waals surface area contributed by atoms with Crippen LogP contribution in [-0.4, -0.2) is 35.2 Å². The smallest absolute Gasteiger partial charge is 0.261 e. The third kappa shape index (κ3) is 2.93. The van der Waals surface area contributed by atoms with Gasteiger partial charge in [-0.3, -0.25) is 14.2 Å². The summed E-state index contributed by atoms with van der Waals surface area (Å²) in [5, 5.41) is 7.22. The summed E-state index contributed by atoms with van der Waals surface area (Å²) in [5.74, 6) is 0.0564. The number of carbonyl (C=O) groups is 1. The van der Waals surface area contributed by atoms with Crippen LogP contribution in [0, 0.1) is 0 Å². The Balaban J connectivity index is 1.59. The molecule has 0 spiro atoms. The van der Waals surface area contributed by atoms with E-state index < -0.39 is 0 Å². The lowest BCUT2D eigenvalue weighted by atomic mass is 10.2. The molecule has 3 aromatic heterocycles. The van der Waals surface area contributed by atoms with E-state index in [1.165, 1.54) is 28.2 Å². The van der Waals surface area contributed by atoms with Crippen LogP contribution in [0.2, 0.25) is 0 Å². The van der Waals surface area contributed by atoms with Crippen LogP contribution >= 0.6 is 0 Å². The first-order chi connectivity index (χ1) is 12.7. The second kappa shape index (κ2) is 6.55. The second-order valence-electron chi connectivity index (χ2n) is 5.46. The van der Waals surface area contributed by atoms with Gasteiger partial charge in [0.15, 0.2) is 5.82 Å². The van der Waals surface area contributed by atoms with Crippen LogP contribution in [0.25, 0.3) is 16.7 Å². The van der Waals surface area contributed by atoms with E-state index >= 15 is 0 Å². The SMILES string of the molecule is O=C(Cn1cnc2ccccc2c1=O)Nc1cccnc1-n1cncn1. The molecule has 26 heavy (non-hydrogen) atoms. The third-order valence-electron chi connectivity index (χ3n) is 3.74. The number of fused-ring (bicyclic) bond motifs is 1. The van der Waals surface area contributed by atoms with E-state index in [9.17, 15) is 9.59 Å². The molecule has 4 rings (SSSR count). The van der Waals surface area contributed by atoms with Crippen molar-refractivity contribution in [1.82, 2.24) is 29.3 Å². The van der Waals surface area contributed by atoms with Crippen LogP contribution in [-0.2, 0) is 11.3 Å². The highest BCUT2D eigenvalue weighted by Crippen LogP contribution is 2.15. The number of carbonyl (C=O) groups excluding carboxylic acids is 1. The minimum absolute atomic E-state index is 0.164. The second-order valence-corrected chi connectivity index (χ2v) is 5.46. The molecule has 0 bridgehead atoms. The summed E-state index contributed by atoms with van der Waals surface area (Å²) in [7, 11) is 0. The highest BCUT2D eigenvalue weighted by molar-refractivity contribution is 5.92. The molecule has 0 atom stereocenters. The van der Waals surface area contributed by atoms with E-state index in [1.54, 1.807) is 42.6 Å². The number of pyridine rings is 1. The van der Waals surface area contributed by atoms with Gasteiger partial charge in [-0.1, -0.05) is 12.1 Å². The van der Waals surface area contributed by atoms with Crippen molar-refractivity contribution in [3.05, 3.63) is 71.9 Å². The molecule has 9 nitrogen and oxygen atoms in total. The molecule has 0 saturated heterocycles. The molecule has 0 aliphatic carbocycles. The van der Waals surface area contributed by atoms with Crippen LogP contribution in [0.3, 0.4) is 0 Å². The lowest BCUT2D eigenvalue weighted by Gasteiger charge is -2.10. The first-order valence-electron chi connectivity index (χ1n) is 7.76. The Bertz CT molecular complexity index is 1140. The normalized spacial score (nSPS) is 10.8. The Morgan fingerprint density at radius 2 is 1.96 bits per heavy atom. The van der Waals surface area contributed by atoms with Gasteiger partial charge in [0, 0.05) is 6.20 Å². The first kappa shape index (κ1) is 15.6. The molecule has 1 aromatic carbocycles. The number of nitrogens with zero attached hydrogens (tertiary/aromatic N) is 6. The number of anilines is 1. The van der Waals surface area contributed by atoms with Crippen LogP contribution in [0.4, 0.5) is 5.69 Å².